The van der Waals surface area contributed by atoms with Crippen molar-refractivity contribution in [3.63, 3.8) is 0 Å². The van der Waals surface area contributed by atoms with E-state index in [0.717, 1.165) is 23.0 Å². The third-order valence-electron chi connectivity index (χ3n) is 3.33. The van der Waals surface area contributed by atoms with Crippen molar-refractivity contribution in [1.29, 1.82) is 0 Å². The number of hydrogen-bond acceptors (Lipinski definition) is 6. The Balaban J connectivity index is 2.23. The Bertz CT molecular complexity index is 695. The predicted octanol–water partition coefficient (Wildman–Crippen LogP) is 0.523. The minimum absolute atomic E-state index is 0.0755. The number of thioether (sulfide) groups is 1. The fourth-order valence-corrected chi connectivity index (χ4v) is 3.01. The number of nitrogens with two attached hydrogens (primary N) is 1. The largest absolute Gasteiger partial charge is 0.385 e. The average Bonchev–Trinajstić information content (AvgIpc) is 2.98. The van der Waals surface area contributed by atoms with Crippen molar-refractivity contribution in [3.8, 4) is 0 Å². The van der Waals surface area contributed by atoms with Crippen molar-refractivity contribution >= 4 is 34.8 Å². The Morgan fingerprint density at radius 1 is 1.50 bits per heavy atom. The quantitative estimate of drug-likeness (QED) is 0.570. The van der Waals surface area contributed by atoms with Crippen LogP contribution < -0.4 is 5.73 Å². The summed E-state index contributed by atoms with van der Waals surface area (Å²) >= 11 is 1.16. The number of aliphatic imine (C=N–C) groups is 1. The van der Waals surface area contributed by atoms with Crippen LogP contribution in [-0.4, -0.2) is 57.7 Å². The van der Waals surface area contributed by atoms with Gasteiger partial charge in [-0.05, 0) is 19.4 Å². The van der Waals surface area contributed by atoms with Crippen molar-refractivity contribution in [2.24, 2.45) is 17.8 Å². The molecule has 2 N–H and O–H groups in total. The lowest BCUT2D eigenvalue weighted by molar-refractivity contribution is -0.122. The van der Waals surface area contributed by atoms with Crippen LogP contribution in [0.25, 0.3) is 6.08 Å². The molecule has 130 valence electrons. The fraction of sp³-hybridized carbons (Fsp3) is 0.467. The van der Waals surface area contributed by atoms with E-state index in [4.69, 9.17) is 10.5 Å². The zero-order valence-corrected chi connectivity index (χ0v) is 14.8. The molecule has 1 aliphatic rings. The minimum Gasteiger partial charge on any atom is -0.385 e. The molecule has 0 saturated heterocycles. The lowest BCUT2D eigenvalue weighted by Gasteiger charge is -2.16. The van der Waals surface area contributed by atoms with Gasteiger partial charge in [-0.15, -0.1) is 0 Å². The molecule has 0 aromatic carbocycles. The monoisotopic (exact) mass is 351 g/mol. The first kappa shape index (κ1) is 18.2. The van der Waals surface area contributed by atoms with Crippen LogP contribution in [0.2, 0.25) is 0 Å². The number of primary amides is 1. The molecule has 0 fully saturated rings. The van der Waals surface area contributed by atoms with Crippen LogP contribution in [0.3, 0.4) is 0 Å². The molecule has 1 aliphatic heterocycles. The van der Waals surface area contributed by atoms with Crippen molar-refractivity contribution in [3.05, 3.63) is 23.2 Å². The van der Waals surface area contributed by atoms with E-state index in [1.54, 1.807) is 22.8 Å². The maximum atomic E-state index is 12.6. The van der Waals surface area contributed by atoms with Crippen LogP contribution in [0.1, 0.15) is 17.7 Å². The lowest BCUT2D eigenvalue weighted by Crippen LogP contribution is -2.33. The molecule has 0 spiro atoms. The molecule has 0 aliphatic carbocycles. The number of amides is 2. The first-order valence-corrected chi connectivity index (χ1v) is 8.43. The second kappa shape index (κ2) is 8.11. The summed E-state index contributed by atoms with van der Waals surface area (Å²) in [5.74, 6) is -0.569. The van der Waals surface area contributed by atoms with Crippen LogP contribution in [0.15, 0.2) is 16.9 Å². The van der Waals surface area contributed by atoms with Gasteiger partial charge in [-0.3, -0.25) is 19.2 Å². The molecule has 0 atom stereocenters. The highest BCUT2D eigenvalue weighted by Gasteiger charge is 2.30. The highest BCUT2D eigenvalue weighted by molar-refractivity contribution is 8.14. The van der Waals surface area contributed by atoms with Crippen molar-refractivity contribution in [1.82, 2.24) is 14.7 Å². The van der Waals surface area contributed by atoms with E-state index >= 15 is 0 Å². The van der Waals surface area contributed by atoms with E-state index in [2.05, 4.69) is 10.1 Å². The van der Waals surface area contributed by atoms with Crippen molar-refractivity contribution in [2.75, 3.05) is 26.0 Å². The summed E-state index contributed by atoms with van der Waals surface area (Å²) in [6.07, 6.45) is 4.22. The number of ether oxygens (including phenoxy) is 1. The first-order valence-electron chi connectivity index (χ1n) is 7.45. The van der Waals surface area contributed by atoms with Gasteiger partial charge in [-0.2, -0.15) is 5.10 Å². The summed E-state index contributed by atoms with van der Waals surface area (Å²) < 4.78 is 6.71. The van der Waals surface area contributed by atoms with Gasteiger partial charge in [-0.1, -0.05) is 11.8 Å². The first-order chi connectivity index (χ1) is 11.4. The summed E-state index contributed by atoms with van der Waals surface area (Å²) in [5, 5.41) is 4.74. The number of nitrogens with zero attached hydrogens (tertiary/aromatic N) is 4. The van der Waals surface area contributed by atoms with Gasteiger partial charge in [0, 0.05) is 39.1 Å². The average molecular weight is 351 g/mol. The Hall–Kier alpha value is -2.13. The minimum atomic E-state index is -0.451. The molecule has 2 rings (SSSR count). The molecular formula is C15H21N5O3S. The summed E-state index contributed by atoms with van der Waals surface area (Å²) in [7, 11) is 3.43. The standard InChI is InChI=1S/C15H21N5O3S/c1-10-11(8-19(2)18-10)7-12-14(22)20(5-4-6-23-3)15(17-12)24-9-13(16)21/h7-8H,4-6,9H2,1-3H3,(H2,16,21)/b12-7+. The zero-order chi connectivity index (χ0) is 17.7. The Morgan fingerprint density at radius 2 is 2.25 bits per heavy atom. The van der Waals surface area contributed by atoms with Crippen molar-refractivity contribution < 1.29 is 14.3 Å². The number of hydrogen-bond donors (Lipinski definition) is 1. The zero-order valence-electron chi connectivity index (χ0n) is 14.0. The summed E-state index contributed by atoms with van der Waals surface area (Å²) in [4.78, 5) is 29.6. The topological polar surface area (TPSA) is 103 Å². The molecule has 1 aromatic rings. The third-order valence-corrected chi connectivity index (χ3v) is 4.33. The predicted molar refractivity (Wildman–Crippen MR) is 93.2 cm³/mol. The molecule has 0 radical (unpaired) electrons. The lowest BCUT2D eigenvalue weighted by atomic mass is 10.2. The summed E-state index contributed by atoms with van der Waals surface area (Å²) in [6.45, 7) is 2.88. The molecular weight excluding hydrogens is 330 g/mol. The van der Waals surface area contributed by atoms with E-state index in [9.17, 15) is 9.59 Å². The smallest absolute Gasteiger partial charge is 0.278 e. The van der Waals surface area contributed by atoms with Crippen LogP contribution in [0.5, 0.6) is 0 Å². The number of methoxy groups -OCH3 is 1. The van der Waals surface area contributed by atoms with E-state index in [1.807, 2.05) is 20.2 Å². The van der Waals surface area contributed by atoms with Gasteiger partial charge < -0.3 is 10.5 Å². The maximum absolute atomic E-state index is 12.6. The second-order valence-electron chi connectivity index (χ2n) is 5.33. The number of aromatic nitrogens is 2. The molecule has 2 heterocycles. The highest BCUT2D eigenvalue weighted by atomic mass is 32.2. The van der Waals surface area contributed by atoms with Gasteiger partial charge in [-0.25, -0.2) is 4.99 Å². The van der Waals surface area contributed by atoms with Gasteiger partial charge in [0.25, 0.3) is 5.91 Å². The number of amidine groups is 1. The Kier molecular flexibility index (Phi) is 6.16. The van der Waals surface area contributed by atoms with Gasteiger partial charge >= 0.3 is 0 Å². The Morgan fingerprint density at radius 3 is 2.83 bits per heavy atom. The summed E-state index contributed by atoms with van der Waals surface area (Å²) in [5.41, 5.74) is 7.17. The molecule has 9 heteroatoms. The molecule has 8 nitrogen and oxygen atoms in total. The van der Waals surface area contributed by atoms with Crippen LogP contribution in [0, 0.1) is 6.92 Å². The number of carbonyl (C=O) groups excluding carboxylic acids is 2. The highest BCUT2D eigenvalue weighted by Crippen LogP contribution is 2.24. The number of rotatable bonds is 7. The van der Waals surface area contributed by atoms with Crippen LogP contribution >= 0.6 is 11.8 Å². The van der Waals surface area contributed by atoms with Gasteiger partial charge in [0.05, 0.1) is 11.4 Å². The van der Waals surface area contributed by atoms with E-state index in [0.29, 0.717) is 30.4 Å². The van der Waals surface area contributed by atoms with Crippen LogP contribution in [0.4, 0.5) is 0 Å². The summed E-state index contributed by atoms with van der Waals surface area (Å²) in [6, 6.07) is 0. The van der Waals surface area contributed by atoms with Crippen molar-refractivity contribution in [2.45, 2.75) is 13.3 Å². The van der Waals surface area contributed by atoms with Gasteiger partial charge in [0.15, 0.2) is 5.17 Å². The van der Waals surface area contributed by atoms with Gasteiger partial charge in [0.1, 0.15) is 5.70 Å². The molecule has 1 aromatic heterocycles. The molecule has 0 bridgehead atoms. The number of aryl methyl sites for hydroxylation is 2. The second-order valence-corrected chi connectivity index (χ2v) is 6.27. The molecule has 24 heavy (non-hydrogen) atoms. The number of carbonyl (C=O) groups is 2. The molecule has 0 saturated carbocycles. The third kappa shape index (κ3) is 4.45. The molecule has 0 unspecified atom stereocenters. The Labute approximate surface area is 144 Å². The normalized spacial score (nSPS) is 16.1. The molecule has 2 amide bonds. The van der Waals surface area contributed by atoms with Crippen LogP contribution in [-0.2, 0) is 21.4 Å². The maximum Gasteiger partial charge on any atom is 0.278 e. The fourth-order valence-electron chi connectivity index (χ4n) is 2.25. The van der Waals surface area contributed by atoms with Gasteiger partial charge in [0.2, 0.25) is 5.91 Å². The van der Waals surface area contributed by atoms with E-state index in [-0.39, 0.29) is 11.7 Å². The van der Waals surface area contributed by atoms with E-state index < -0.39 is 5.91 Å². The van der Waals surface area contributed by atoms with E-state index in [1.165, 1.54) is 0 Å². The SMILES string of the molecule is COCCCN1C(=O)/C(=C\c2cn(C)nc2C)N=C1SCC(N)=O.